The second kappa shape index (κ2) is 7.97. The van der Waals surface area contributed by atoms with Crippen molar-refractivity contribution in [2.45, 2.75) is 13.0 Å². The maximum Gasteiger partial charge on any atom is 0.294 e. The van der Waals surface area contributed by atoms with Crippen LogP contribution >= 0.6 is 15.9 Å². The van der Waals surface area contributed by atoms with E-state index in [1.807, 2.05) is 6.07 Å². The van der Waals surface area contributed by atoms with Crippen LogP contribution in [0, 0.1) is 6.92 Å². The minimum atomic E-state index is -0.969. The summed E-state index contributed by atoms with van der Waals surface area (Å²) >= 11 is 3.41. The van der Waals surface area contributed by atoms with Crippen molar-refractivity contribution in [3.63, 3.8) is 0 Å². The Bertz CT molecular complexity index is 1450. The molecule has 1 unspecified atom stereocenters. The number of anilines is 1. The molecular weight excluding hydrogens is 490 g/mol. The number of benzene rings is 2. The monoisotopic (exact) mass is 507 g/mol. The number of Topliss-reactive ketones (excluding diaryl/α,β-unsaturated/α-hetero) is 1. The van der Waals surface area contributed by atoms with E-state index in [2.05, 4.69) is 15.9 Å². The molecule has 5 rings (SSSR count). The van der Waals surface area contributed by atoms with Crippen LogP contribution in [0.2, 0.25) is 0 Å². The van der Waals surface area contributed by atoms with Crippen molar-refractivity contribution < 1.29 is 28.3 Å². The van der Waals surface area contributed by atoms with Gasteiger partial charge >= 0.3 is 0 Å². The van der Waals surface area contributed by atoms with Gasteiger partial charge in [0.15, 0.2) is 22.9 Å². The molecule has 0 aliphatic carbocycles. The van der Waals surface area contributed by atoms with E-state index in [1.54, 1.807) is 61.5 Å². The zero-order chi connectivity index (χ0) is 23.3. The Kier molecular flexibility index (Phi) is 5.09. The van der Waals surface area contributed by atoms with Crippen molar-refractivity contribution in [3.05, 3.63) is 93.7 Å². The molecule has 2 aromatic heterocycles. The molecular formula is C25H18BrNO6. The summed E-state index contributed by atoms with van der Waals surface area (Å²) in [5, 5.41) is 11.5. The number of nitrogens with zero attached hydrogens (tertiary/aromatic N) is 1. The zero-order valence-corrected chi connectivity index (χ0v) is 19.3. The third-order valence-electron chi connectivity index (χ3n) is 5.52. The fourth-order valence-corrected chi connectivity index (χ4v) is 4.43. The van der Waals surface area contributed by atoms with Crippen LogP contribution in [0.5, 0.6) is 5.75 Å². The quantitative estimate of drug-likeness (QED) is 0.338. The second-order valence-electron chi connectivity index (χ2n) is 7.59. The number of aryl methyl sites for hydroxylation is 1. The van der Waals surface area contributed by atoms with E-state index in [0.29, 0.717) is 33.9 Å². The lowest BCUT2D eigenvalue weighted by Crippen LogP contribution is -2.30. The number of ether oxygens (including phenoxy) is 1. The van der Waals surface area contributed by atoms with E-state index in [4.69, 9.17) is 13.6 Å². The molecule has 1 atom stereocenters. The summed E-state index contributed by atoms with van der Waals surface area (Å²) in [6, 6.07) is 16.3. The van der Waals surface area contributed by atoms with Crippen LogP contribution in [0.1, 0.15) is 28.1 Å². The standard InChI is InChI=1S/C25H18BrNO6/c1-13-9-10-17(32-13)21-20(23(29)25(30)27(21)16-7-4-6-15(26)12-16)22(28)19-11-14-5-3-8-18(31-2)24(14)33-19/h3-12,21,29H,1-2H3. The first-order valence-corrected chi connectivity index (χ1v) is 10.9. The number of rotatable bonds is 5. The number of amides is 1. The summed E-state index contributed by atoms with van der Waals surface area (Å²) in [6.45, 7) is 1.76. The van der Waals surface area contributed by atoms with E-state index in [0.717, 1.165) is 4.47 Å². The van der Waals surface area contributed by atoms with Gasteiger partial charge in [0.05, 0.1) is 12.7 Å². The highest BCUT2D eigenvalue weighted by atomic mass is 79.9. The molecule has 0 saturated carbocycles. The summed E-state index contributed by atoms with van der Waals surface area (Å²) in [6.07, 6.45) is 0. The summed E-state index contributed by atoms with van der Waals surface area (Å²) in [5.74, 6) is -0.555. The number of halogens is 1. The highest BCUT2D eigenvalue weighted by molar-refractivity contribution is 9.10. The molecule has 8 heteroatoms. The maximum atomic E-state index is 13.6. The third-order valence-corrected chi connectivity index (χ3v) is 6.01. The van der Waals surface area contributed by atoms with Crippen molar-refractivity contribution >= 4 is 44.3 Å². The molecule has 4 aromatic rings. The number of furan rings is 2. The first kappa shape index (κ1) is 21.1. The Morgan fingerprint density at radius 2 is 1.88 bits per heavy atom. The Morgan fingerprint density at radius 1 is 1.09 bits per heavy atom. The largest absolute Gasteiger partial charge is 0.503 e. The fraction of sp³-hybridized carbons (Fsp3) is 0.120. The number of para-hydroxylation sites is 1. The van der Waals surface area contributed by atoms with Crippen molar-refractivity contribution in [1.82, 2.24) is 0 Å². The predicted octanol–water partition coefficient (Wildman–Crippen LogP) is 5.89. The number of ketones is 1. The molecule has 0 bridgehead atoms. The lowest BCUT2D eigenvalue weighted by Gasteiger charge is -2.25. The second-order valence-corrected chi connectivity index (χ2v) is 8.50. The molecule has 33 heavy (non-hydrogen) atoms. The molecule has 1 amide bonds. The van der Waals surface area contributed by atoms with Gasteiger partial charge in [-0.3, -0.25) is 14.5 Å². The molecule has 0 saturated heterocycles. The van der Waals surface area contributed by atoms with Gasteiger partial charge in [0.25, 0.3) is 5.91 Å². The highest BCUT2D eigenvalue weighted by Crippen LogP contribution is 2.43. The van der Waals surface area contributed by atoms with Gasteiger partial charge in [-0.05, 0) is 49.4 Å². The number of hydrogen-bond donors (Lipinski definition) is 1. The van der Waals surface area contributed by atoms with E-state index < -0.39 is 23.5 Å². The number of fused-ring (bicyclic) bond motifs is 1. The van der Waals surface area contributed by atoms with Gasteiger partial charge in [-0.25, -0.2) is 0 Å². The summed E-state index contributed by atoms with van der Waals surface area (Å²) < 4.78 is 17.7. The molecule has 7 nitrogen and oxygen atoms in total. The number of hydrogen-bond acceptors (Lipinski definition) is 6. The van der Waals surface area contributed by atoms with Crippen LogP contribution in [-0.4, -0.2) is 23.9 Å². The SMILES string of the molecule is COc1cccc2cc(C(=O)C3=C(O)C(=O)N(c4cccc(Br)c4)C3c3ccc(C)o3)oc12. The van der Waals surface area contributed by atoms with Crippen LogP contribution < -0.4 is 9.64 Å². The van der Waals surface area contributed by atoms with E-state index in [9.17, 15) is 14.7 Å². The summed E-state index contributed by atoms with van der Waals surface area (Å²) in [5.41, 5.74) is 0.781. The average molecular weight is 508 g/mol. The van der Waals surface area contributed by atoms with Crippen LogP contribution in [-0.2, 0) is 4.79 Å². The van der Waals surface area contributed by atoms with Crippen LogP contribution in [0.3, 0.4) is 0 Å². The van der Waals surface area contributed by atoms with Crippen molar-refractivity contribution in [2.24, 2.45) is 0 Å². The van der Waals surface area contributed by atoms with Gasteiger partial charge < -0.3 is 18.7 Å². The topological polar surface area (TPSA) is 93.1 Å². The van der Waals surface area contributed by atoms with Crippen molar-refractivity contribution in [2.75, 3.05) is 12.0 Å². The number of methoxy groups -OCH3 is 1. The van der Waals surface area contributed by atoms with Gasteiger partial charge in [-0.15, -0.1) is 0 Å². The van der Waals surface area contributed by atoms with Crippen LogP contribution in [0.15, 0.2) is 85.3 Å². The Labute approximate surface area is 197 Å². The molecule has 0 spiro atoms. The molecule has 1 aliphatic rings. The number of aliphatic hydroxyl groups excluding tert-OH is 1. The van der Waals surface area contributed by atoms with E-state index in [-0.39, 0.29) is 11.3 Å². The maximum absolute atomic E-state index is 13.6. The van der Waals surface area contributed by atoms with Gasteiger partial charge in [-0.1, -0.05) is 34.1 Å². The molecule has 2 aromatic carbocycles. The molecule has 1 N–H and O–H groups in total. The minimum Gasteiger partial charge on any atom is -0.503 e. The molecule has 166 valence electrons. The van der Waals surface area contributed by atoms with E-state index in [1.165, 1.54) is 12.0 Å². The van der Waals surface area contributed by atoms with Crippen molar-refractivity contribution in [1.29, 1.82) is 0 Å². The fourth-order valence-electron chi connectivity index (χ4n) is 4.04. The summed E-state index contributed by atoms with van der Waals surface area (Å²) in [7, 11) is 1.51. The average Bonchev–Trinajstić information content (AvgIpc) is 3.49. The van der Waals surface area contributed by atoms with Gasteiger partial charge in [-0.2, -0.15) is 0 Å². The molecule has 1 aliphatic heterocycles. The van der Waals surface area contributed by atoms with Crippen LogP contribution in [0.4, 0.5) is 5.69 Å². The molecule has 3 heterocycles. The van der Waals surface area contributed by atoms with Gasteiger partial charge in [0, 0.05) is 15.5 Å². The first-order chi connectivity index (χ1) is 15.9. The Balaban J connectivity index is 1.66. The Morgan fingerprint density at radius 3 is 2.58 bits per heavy atom. The first-order valence-electron chi connectivity index (χ1n) is 10.1. The number of carbonyl (C=O) groups excluding carboxylic acids is 2. The molecule has 0 fully saturated rings. The van der Waals surface area contributed by atoms with Gasteiger partial charge in [0.1, 0.15) is 17.6 Å². The lowest BCUT2D eigenvalue weighted by molar-refractivity contribution is -0.117. The minimum absolute atomic E-state index is 0.0202. The smallest absolute Gasteiger partial charge is 0.294 e. The lowest BCUT2D eigenvalue weighted by atomic mass is 9.99. The number of carbonyl (C=O) groups is 2. The van der Waals surface area contributed by atoms with Crippen molar-refractivity contribution in [3.8, 4) is 5.75 Å². The Hall–Kier alpha value is -3.78. The zero-order valence-electron chi connectivity index (χ0n) is 17.7. The summed E-state index contributed by atoms with van der Waals surface area (Å²) in [4.78, 5) is 28.2. The van der Waals surface area contributed by atoms with Gasteiger partial charge in [0.2, 0.25) is 5.78 Å². The van der Waals surface area contributed by atoms with E-state index >= 15 is 0 Å². The third kappa shape index (κ3) is 3.43. The normalized spacial score (nSPS) is 16.2. The molecule has 0 radical (unpaired) electrons. The van der Waals surface area contributed by atoms with Crippen LogP contribution in [0.25, 0.3) is 11.0 Å². The predicted molar refractivity (Wildman–Crippen MR) is 125 cm³/mol. The highest BCUT2D eigenvalue weighted by Gasteiger charge is 2.47. The number of aliphatic hydroxyl groups is 1.